The molecule has 2 N–H and O–H groups in total. The minimum absolute atomic E-state index is 0.0211. The fourth-order valence-electron chi connectivity index (χ4n) is 3.70. The molecule has 0 radical (unpaired) electrons. The predicted octanol–water partition coefficient (Wildman–Crippen LogP) is 1.59. The maximum atomic E-state index is 12.9. The van der Waals surface area contributed by atoms with Crippen LogP contribution in [0.2, 0.25) is 0 Å². The molecule has 1 aromatic heterocycles. The number of aliphatic hydroxyl groups excluding tert-OH is 1. The highest BCUT2D eigenvalue weighted by molar-refractivity contribution is 5.80. The van der Waals surface area contributed by atoms with Crippen molar-refractivity contribution in [3.63, 3.8) is 0 Å². The zero-order valence-corrected chi connectivity index (χ0v) is 14.5. The number of likely N-dealkylation sites (tertiary alicyclic amines) is 1. The van der Waals surface area contributed by atoms with Gasteiger partial charge in [-0.25, -0.2) is 0 Å². The van der Waals surface area contributed by atoms with Crippen molar-refractivity contribution in [1.29, 1.82) is 0 Å². The smallest absolute Gasteiger partial charge is 0.229 e. The lowest BCUT2D eigenvalue weighted by molar-refractivity contribution is -0.149. The first-order chi connectivity index (χ1) is 12.3. The normalized spacial score (nSPS) is 22.5. The number of aliphatic hydroxyl groups is 1. The van der Waals surface area contributed by atoms with Crippen LogP contribution in [0.25, 0.3) is 0 Å². The van der Waals surface area contributed by atoms with Gasteiger partial charge in [0.05, 0.1) is 25.1 Å². The molecule has 0 aliphatic carbocycles. The van der Waals surface area contributed by atoms with E-state index in [2.05, 4.69) is 29.4 Å². The van der Waals surface area contributed by atoms with Gasteiger partial charge in [-0.15, -0.1) is 0 Å². The average Bonchev–Trinajstić information content (AvgIpc) is 2.63. The number of pyridine rings is 1. The summed E-state index contributed by atoms with van der Waals surface area (Å²) in [6.45, 7) is 3.60. The van der Waals surface area contributed by atoms with E-state index in [1.165, 1.54) is 5.56 Å². The summed E-state index contributed by atoms with van der Waals surface area (Å²) < 4.78 is 0. The second-order valence-corrected chi connectivity index (χ2v) is 6.36. The van der Waals surface area contributed by atoms with Crippen molar-refractivity contribution in [3.05, 3.63) is 66.0 Å². The van der Waals surface area contributed by atoms with Gasteiger partial charge in [-0.2, -0.15) is 0 Å². The third kappa shape index (κ3) is 3.72. The number of benzene rings is 1. The highest BCUT2D eigenvalue weighted by atomic mass is 16.3. The topological polar surface area (TPSA) is 65.5 Å². The van der Waals surface area contributed by atoms with Gasteiger partial charge in [-0.05, 0) is 24.2 Å². The summed E-state index contributed by atoms with van der Waals surface area (Å²) >= 11 is 0. The molecule has 0 saturated carbocycles. The minimum atomic E-state index is -0.178. The standard InChI is InChI=1S/C20H25N3O2/c1-2-21-13-17-20(15-8-4-3-5-9-15)18(14-24)23(17)19(25)12-16-10-6-7-11-22-16/h3-11,17-18,20-21,24H,2,12-14H2,1H3/t17-,18+,20+/m1/s1. The highest BCUT2D eigenvalue weighted by Crippen LogP contribution is 2.40. The van der Waals surface area contributed by atoms with Crippen molar-refractivity contribution in [2.75, 3.05) is 19.7 Å². The van der Waals surface area contributed by atoms with Gasteiger partial charge in [-0.3, -0.25) is 9.78 Å². The average molecular weight is 339 g/mol. The van der Waals surface area contributed by atoms with Crippen molar-refractivity contribution >= 4 is 5.91 Å². The monoisotopic (exact) mass is 339 g/mol. The zero-order chi connectivity index (χ0) is 17.6. The Morgan fingerprint density at radius 2 is 1.92 bits per heavy atom. The van der Waals surface area contributed by atoms with Crippen LogP contribution in [0.15, 0.2) is 54.7 Å². The molecule has 3 rings (SSSR count). The van der Waals surface area contributed by atoms with E-state index in [-0.39, 0.29) is 36.9 Å². The van der Waals surface area contributed by atoms with Gasteiger partial charge in [0.1, 0.15) is 0 Å². The molecule has 0 unspecified atom stereocenters. The van der Waals surface area contributed by atoms with E-state index in [1.54, 1.807) is 6.20 Å². The SMILES string of the molecule is CCNC[C@@H]1[C@H](c2ccccc2)[C@H](CO)N1C(=O)Cc1ccccn1. The molecule has 1 amide bonds. The number of hydrogen-bond donors (Lipinski definition) is 2. The highest BCUT2D eigenvalue weighted by Gasteiger charge is 2.50. The summed E-state index contributed by atoms with van der Waals surface area (Å²) in [4.78, 5) is 19.0. The Morgan fingerprint density at radius 3 is 2.56 bits per heavy atom. The number of hydrogen-bond acceptors (Lipinski definition) is 4. The Kier molecular flexibility index (Phi) is 5.79. The number of nitrogens with one attached hydrogen (secondary N) is 1. The Morgan fingerprint density at radius 1 is 1.16 bits per heavy atom. The molecular formula is C20H25N3O2. The number of carbonyl (C=O) groups excluding carboxylic acids is 1. The van der Waals surface area contributed by atoms with E-state index >= 15 is 0 Å². The zero-order valence-electron chi connectivity index (χ0n) is 14.5. The Labute approximate surface area is 148 Å². The molecule has 1 aromatic carbocycles. The predicted molar refractivity (Wildman–Crippen MR) is 97.2 cm³/mol. The number of rotatable bonds is 7. The maximum absolute atomic E-state index is 12.9. The molecule has 3 atom stereocenters. The number of nitrogens with zero attached hydrogens (tertiary/aromatic N) is 2. The van der Waals surface area contributed by atoms with Gasteiger partial charge in [0.2, 0.25) is 5.91 Å². The summed E-state index contributed by atoms with van der Waals surface area (Å²) in [6.07, 6.45) is 1.96. The van der Waals surface area contributed by atoms with Crippen molar-refractivity contribution < 1.29 is 9.90 Å². The van der Waals surface area contributed by atoms with Gasteiger partial charge >= 0.3 is 0 Å². The van der Waals surface area contributed by atoms with Gasteiger partial charge in [0.25, 0.3) is 0 Å². The lowest BCUT2D eigenvalue weighted by Gasteiger charge is -2.55. The molecule has 132 valence electrons. The summed E-state index contributed by atoms with van der Waals surface area (Å²) in [5, 5.41) is 13.3. The molecule has 1 fully saturated rings. The van der Waals surface area contributed by atoms with E-state index in [4.69, 9.17) is 0 Å². The fraction of sp³-hybridized carbons (Fsp3) is 0.400. The van der Waals surface area contributed by atoms with E-state index in [0.29, 0.717) is 0 Å². The second-order valence-electron chi connectivity index (χ2n) is 6.36. The molecule has 0 bridgehead atoms. The fourth-order valence-corrected chi connectivity index (χ4v) is 3.70. The van der Waals surface area contributed by atoms with Gasteiger partial charge in [0.15, 0.2) is 0 Å². The number of carbonyl (C=O) groups is 1. The Hall–Kier alpha value is -2.24. The van der Waals surface area contributed by atoms with Gasteiger partial charge in [0, 0.05) is 24.4 Å². The van der Waals surface area contributed by atoms with Crippen molar-refractivity contribution in [1.82, 2.24) is 15.2 Å². The van der Waals surface area contributed by atoms with E-state index in [9.17, 15) is 9.90 Å². The van der Waals surface area contributed by atoms with Crippen LogP contribution in [0.5, 0.6) is 0 Å². The van der Waals surface area contributed by atoms with Crippen LogP contribution in [0.1, 0.15) is 24.1 Å². The third-order valence-corrected chi connectivity index (χ3v) is 4.87. The van der Waals surface area contributed by atoms with Crippen molar-refractivity contribution in [2.45, 2.75) is 31.3 Å². The van der Waals surface area contributed by atoms with Crippen LogP contribution in [0, 0.1) is 0 Å². The number of aromatic nitrogens is 1. The summed E-state index contributed by atoms with van der Waals surface area (Å²) in [5.74, 6) is 0.172. The van der Waals surface area contributed by atoms with Crippen LogP contribution in [0.4, 0.5) is 0 Å². The molecule has 1 saturated heterocycles. The minimum Gasteiger partial charge on any atom is -0.394 e. The molecule has 1 aliphatic heterocycles. The molecule has 25 heavy (non-hydrogen) atoms. The van der Waals surface area contributed by atoms with E-state index in [0.717, 1.165) is 18.8 Å². The Balaban J connectivity index is 1.80. The second kappa shape index (κ2) is 8.23. The summed E-state index contributed by atoms with van der Waals surface area (Å²) in [5.41, 5.74) is 1.93. The molecule has 0 spiro atoms. The largest absolute Gasteiger partial charge is 0.394 e. The molecule has 2 aromatic rings. The molecule has 5 heteroatoms. The molecule has 1 aliphatic rings. The van der Waals surface area contributed by atoms with Gasteiger partial charge in [-0.1, -0.05) is 43.3 Å². The lowest BCUT2D eigenvalue weighted by atomic mass is 9.74. The first-order valence-electron chi connectivity index (χ1n) is 8.83. The van der Waals surface area contributed by atoms with Crippen molar-refractivity contribution in [2.24, 2.45) is 0 Å². The third-order valence-electron chi connectivity index (χ3n) is 4.87. The maximum Gasteiger partial charge on any atom is 0.229 e. The molecular weight excluding hydrogens is 314 g/mol. The quantitative estimate of drug-likeness (QED) is 0.804. The summed E-state index contributed by atoms with van der Waals surface area (Å²) in [7, 11) is 0. The van der Waals surface area contributed by atoms with Gasteiger partial charge < -0.3 is 15.3 Å². The Bertz CT molecular complexity index is 678. The van der Waals surface area contributed by atoms with Crippen LogP contribution in [-0.2, 0) is 11.2 Å². The molecule has 5 nitrogen and oxygen atoms in total. The summed E-state index contributed by atoms with van der Waals surface area (Å²) in [6, 6.07) is 15.6. The number of likely N-dealkylation sites (N-methyl/N-ethyl adjacent to an activating group) is 1. The number of amides is 1. The van der Waals surface area contributed by atoms with Crippen LogP contribution < -0.4 is 5.32 Å². The van der Waals surface area contributed by atoms with Crippen molar-refractivity contribution in [3.8, 4) is 0 Å². The van der Waals surface area contributed by atoms with E-state index in [1.807, 2.05) is 41.3 Å². The van der Waals surface area contributed by atoms with Crippen LogP contribution in [0.3, 0.4) is 0 Å². The van der Waals surface area contributed by atoms with Crippen LogP contribution in [-0.4, -0.2) is 52.7 Å². The van der Waals surface area contributed by atoms with Crippen LogP contribution >= 0.6 is 0 Å². The first kappa shape index (κ1) is 17.6. The first-order valence-corrected chi connectivity index (χ1v) is 8.83. The lowest BCUT2D eigenvalue weighted by Crippen LogP contribution is -2.68. The van der Waals surface area contributed by atoms with E-state index < -0.39 is 0 Å². The molecule has 2 heterocycles.